The van der Waals surface area contributed by atoms with Gasteiger partial charge in [-0.05, 0) is 58.4 Å². The Morgan fingerprint density at radius 3 is 1.88 bits per heavy atom. The first-order chi connectivity index (χ1) is 8.38. The fourth-order valence-electron chi connectivity index (χ4n) is 2.95. The molecule has 0 radical (unpaired) electrons. The van der Waals surface area contributed by atoms with E-state index in [2.05, 4.69) is 12.4 Å². The Balaban J connectivity index is 1.58. The molecule has 1 N–H and O–H groups in total. The van der Waals surface area contributed by atoms with Gasteiger partial charge >= 0.3 is 0 Å². The topological polar surface area (TPSA) is 30.5 Å². The molecule has 3 nitrogen and oxygen atoms in total. The molecule has 2 heterocycles. The molecular weight excluding hydrogens is 214 g/mol. The summed E-state index contributed by atoms with van der Waals surface area (Å²) in [5.74, 6) is 0. The molecule has 0 bridgehead atoms. The van der Waals surface area contributed by atoms with E-state index in [0.29, 0.717) is 18.2 Å². The van der Waals surface area contributed by atoms with E-state index in [1.165, 1.54) is 51.4 Å². The van der Waals surface area contributed by atoms with Crippen molar-refractivity contribution in [3.8, 4) is 0 Å². The molecule has 3 heteroatoms. The van der Waals surface area contributed by atoms with Gasteiger partial charge in [0.1, 0.15) is 0 Å². The van der Waals surface area contributed by atoms with Crippen LogP contribution in [0.15, 0.2) is 0 Å². The number of rotatable bonds is 7. The Kier molecular flexibility index (Phi) is 5.75. The maximum atomic E-state index is 5.67. The van der Waals surface area contributed by atoms with Crippen molar-refractivity contribution in [3.05, 3.63) is 0 Å². The van der Waals surface area contributed by atoms with Crippen LogP contribution in [-0.2, 0) is 9.47 Å². The summed E-state index contributed by atoms with van der Waals surface area (Å²) in [4.78, 5) is 0. The molecule has 0 aromatic carbocycles. The smallest absolute Gasteiger partial charge is 0.0576 e. The molecule has 0 aromatic rings. The minimum Gasteiger partial charge on any atom is -0.378 e. The zero-order valence-electron chi connectivity index (χ0n) is 11.1. The summed E-state index contributed by atoms with van der Waals surface area (Å²) in [7, 11) is 2.08. The summed E-state index contributed by atoms with van der Waals surface area (Å²) in [6, 6.07) is 0.642. The van der Waals surface area contributed by atoms with Crippen molar-refractivity contribution < 1.29 is 9.47 Å². The lowest BCUT2D eigenvalue weighted by Gasteiger charge is -2.19. The van der Waals surface area contributed by atoms with Gasteiger partial charge in [0.15, 0.2) is 0 Å². The molecule has 2 aliphatic rings. The van der Waals surface area contributed by atoms with Crippen LogP contribution in [-0.4, -0.2) is 38.5 Å². The maximum absolute atomic E-state index is 5.67. The first-order valence-electron chi connectivity index (χ1n) is 7.29. The van der Waals surface area contributed by atoms with Crippen LogP contribution in [0.25, 0.3) is 0 Å². The lowest BCUT2D eigenvalue weighted by Crippen LogP contribution is -2.27. The van der Waals surface area contributed by atoms with E-state index >= 15 is 0 Å². The zero-order valence-corrected chi connectivity index (χ0v) is 11.1. The van der Waals surface area contributed by atoms with Gasteiger partial charge in [-0.15, -0.1) is 0 Å². The Hall–Kier alpha value is -0.120. The molecule has 2 unspecified atom stereocenters. The maximum Gasteiger partial charge on any atom is 0.0576 e. The van der Waals surface area contributed by atoms with Crippen molar-refractivity contribution in [1.29, 1.82) is 0 Å². The van der Waals surface area contributed by atoms with Crippen LogP contribution in [0.3, 0.4) is 0 Å². The summed E-state index contributed by atoms with van der Waals surface area (Å²) >= 11 is 0. The third-order valence-corrected chi connectivity index (χ3v) is 4.13. The summed E-state index contributed by atoms with van der Waals surface area (Å²) in [5, 5.41) is 3.44. The normalized spacial score (nSPS) is 30.9. The van der Waals surface area contributed by atoms with Crippen molar-refractivity contribution in [1.82, 2.24) is 5.32 Å². The standard InChI is InChI=1S/C14H27NO2/c1-15-12(6-8-13-4-2-10-16-13)7-9-14-5-3-11-17-14/h12-15H,2-11H2,1H3. The molecule has 0 amide bonds. The van der Waals surface area contributed by atoms with Gasteiger partial charge in [0.2, 0.25) is 0 Å². The fourth-order valence-corrected chi connectivity index (χ4v) is 2.95. The number of ether oxygens (including phenoxy) is 2. The van der Waals surface area contributed by atoms with Gasteiger partial charge in [0.05, 0.1) is 12.2 Å². The SMILES string of the molecule is CNC(CCC1CCCO1)CCC1CCCO1. The van der Waals surface area contributed by atoms with Gasteiger partial charge in [-0.3, -0.25) is 0 Å². The van der Waals surface area contributed by atoms with E-state index in [1.807, 2.05) is 0 Å². The highest BCUT2D eigenvalue weighted by atomic mass is 16.5. The lowest BCUT2D eigenvalue weighted by atomic mass is 10.00. The van der Waals surface area contributed by atoms with Crippen LogP contribution in [0.4, 0.5) is 0 Å². The molecule has 2 saturated heterocycles. The van der Waals surface area contributed by atoms with Gasteiger partial charge in [-0.2, -0.15) is 0 Å². The predicted octanol–water partition coefficient (Wildman–Crippen LogP) is 2.49. The second kappa shape index (κ2) is 7.34. The third kappa shape index (κ3) is 4.57. The van der Waals surface area contributed by atoms with Crippen LogP contribution >= 0.6 is 0 Å². The van der Waals surface area contributed by atoms with E-state index in [0.717, 1.165) is 13.2 Å². The monoisotopic (exact) mass is 241 g/mol. The van der Waals surface area contributed by atoms with Crippen LogP contribution in [0.2, 0.25) is 0 Å². The van der Waals surface area contributed by atoms with Gasteiger partial charge in [-0.1, -0.05) is 0 Å². The Morgan fingerprint density at radius 2 is 1.53 bits per heavy atom. The minimum atomic E-state index is 0.536. The molecule has 100 valence electrons. The largest absolute Gasteiger partial charge is 0.378 e. The van der Waals surface area contributed by atoms with Crippen molar-refractivity contribution >= 4 is 0 Å². The van der Waals surface area contributed by atoms with Crippen molar-refractivity contribution in [2.24, 2.45) is 0 Å². The van der Waals surface area contributed by atoms with Gasteiger partial charge < -0.3 is 14.8 Å². The van der Waals surface area contributed by atoms with E-state index in [-0.39, 0.29) is 0 Å². The second-order valence-corrected chi connectivity index (χ2v) is 5.41. The lowest BCUT2D eigenvalue weighted by molar-refractivity contribution is 0.0917. The summed E-state index contributed by atoms with van der Waals surface area (Å²) < 4.78 is 11.3. The Morgan fingerprint density at radius 1 is 1.00 bits per heavy atom. The molecule has 0 aromatic heterocycles. The first kappa shape index (κ1) is 13.3. The molecule has 0 aliphatic carbocycles. The van der Waals surface area contributed by atoms with Crippen LogP contribution < -0.4 is 5.32 Å². The molecule has 0 spiro atoms. The number of hydrogen-bond donors (Lipinski definition) is 1. The third-order valence-electron chi connectivity index (χ3n) is 4.13. The van der Waals surface area contributed by atoms with Gasteiger partial charge in [0, 0.05) is 19.3 Å². The highest BCUT2D eigenvalue weighted by Crippen LogP contribution is 2.21. The molecule has 2 atom stereocenters. The highest BCUT2D eigenvalue weighted by molar-refractivity contribution is 4.74. The van der Waals surface area contributed by atoms with E-state index in [9.17, 15) is 0 Å². The minimum absolute atomic E-state index is 0.536. The second-order valence-electron chi connectivity index (χ2n) is 5.41. The van der Waals surface area contributed by atoms with E-state index < -0.39 is 0 Å². The molecule has 0 saturated carbocycles. The first-order valence-corrected chi connectivity index (χ1v) is 7.29. The fraction of sp³-hybridized carbons (Fsp3) is 1.00. The molecule has 17 heavy (non-hydrogen) atoms. The average Bonchev–Trinajstić information content (AvgIpc) is 3.02. The van der Waals surface area contributed by atoms with Crippen LogP contribution in [0, 0.1) is 0 Å². The van der Waals surface area contributed by atoms with Crippen LogP contribution in [0.1, 0.15) is 51.4 Å². The van der Waals surface area contributed by atoms with Crippen LogP contribution in [0.5, 0.6) is 0 Å². The average molecular weight is 241 g/mol. The summed E-state index contributed by atoms with van der Waals surface area (Å²) in [5.41, 5.74) is 0. The molecule has 2 fully saturated rings. The molecule has 2 rings (SSSR count). The predicted molar refractivity (Wildman–Crippen MR) is 69.3 cm³/mol. The van der Waals surface area contributed by atoms with Gasteiger partial charge in [0.25, 0.3) is 0 Å². The Bertz CT molecular complexity index is 178. The summed E-state index contributed by atoms with van der Waals surface area (Å²) in [6.07, 6.45) is 11.0. The molecular formula is C14H27NO2. The quantitative estimate of drug-likeness (QED) is 0.743. The van der Waals surface area contributed by atoms with Crippen molar-refractivity contribution in [2.45, 2.75) is 69.6 Å². The summed E-state index contributed by atoms with van der Waals surface area (Å²) in [6.45, 7) is 1.95. The number of nitrogens with one attached hydrogen (secondary N) is 1. The number of hydrogen-bond acceptors (Lipinski definition) is 3. The van der Waals surface area contributed by atoms with Crippen molar-refractivity contribution in [3.63, 3.8) is 0 Å². The van der Waals surface area contributed by atoms with Gasteiger partial charge in [-0.25, -0.2) is 0 Å². The molecule has 2 aliphatic heterocycles. The van der Waals surface area contributed by atoms with E-state index in [4.69, 9.17) is 9.47 Å². The highest BCUT2D eigenvalue weighted by Gasteiger charge is 2.20. The van der Waals surface area contributed by atoms with Crippen molar-refractivity contribution in [2.75, 3.05) is 20.3 Å². The Labute approximate surface area is 105 Å². The zero-order chi connectivity index (χ0) is 11.9. The van der Waals surface area contributed by atoms with E-state index in [1.54, 1.807) is 0 Å².